The van der Waals surface area contributed by atoms with Crippen molar-refractivity contribution in [1.29, 1.82) is 0 Å². The van der Waals surface area contributed by atoms with E-state index in [1.54, 1.807) is 4.90 Å². The zero-order chi connectivity index (χ0) is 10.7. The fourth-order valence-corrected chi connectivity index (χ4v) is 1.55. The Labute approximate surface area is 89.1 Å². The lowest BCUT2D eigenvalue weighted by Crippen LogP contribution is -2.28. The molecule has 1 aromatic rings. The van der Waals surface area contributed by atoms with E-state index in [0.717, 1.165) is 6.54 Å². The number of carbonyl (C=O) groups is 1. The summed E-state index contributed by atoms with van der Waals surface area (Å²) in [6, 6.07) is 10.1. The third-order valence-corrected chi connectivity index (χ3v) is 2.40. The molecule has 0 spiro atoms. The highest BCUT2D eigenvalue weighted by Gasteiger charge is 2.39. The van der Waals surface area contributed by atoms with Gasteiger partial charge in [-0.1, -0.05) is 36.3 Å². The Morgan fingerprint density at radius 3 is 2.93 bits per heavy atom. The second-order valence-electron chi connectivity index (χ2n) is 3.44. The van der Waals surface area contributed by atoms with Crippen LogP contribution in [-0.2, 0) is 0 Å². The molecule has 3 heteroatoms. The predicted octanol–water partition coefficient (Wildman–Crippen LogP) is 1.39. The summed E-state index contributed by atoms with van der Waals surface area (Å²) in [5.74, 6) is 2.38. The molecule has 1 unspecified atom stereocenters. The lowest BCUT2D eigenvalue weighted by Gasteiger charge is -2.04. The SMILES string of the molecule is C#CCNC(=O)N1CC1c1ccccc1. The van der Waals surface area contributed by atoms with Crippen LogP contribution in [0.25, 0.3) is 0 Å². The number of terminal acetylenes is 1. The topological polar surface area (TPSA) is 32.1 Å². The summed E-state index contributed by atoms with van der Waals surface area (Å²) < 4.78 is 0. The van der Waals surface area contributed by atoms with Gasteiger partial charge in [0.25, 0.3) is 0 Å². The molecule has 0 aliphatic carbocycles. The molecule has 1 fully saturated rings. The van der Waals surface area contributed by atoms with Crippen LogP contribution in [0.2, 0.25) is 0 Å². The Morgan fingerprint density at radius 1 is 1.53 bits per heavy atom. The van der Waals surface area contributed by atoms with Crippen molar-refractivity contribution >= 4 is 6.03 Å². The van der Waals surface area contributed by atoms with Gasteiger partial charge in [0, 0.05) is 6.54 Å². The Bertz CT molecular complexity index is 394. The van der Waals surface area contributed by atoms with Crippen LogP contribution < -0.4 is 5.32 Å². The summed E-state index contributed by atoms with van der Waals surface area (Å²) in [7, 11) is 0. The van der Waals surface area contributed by atoms with Crippen LogP contribution in [0.1, 0.15) is 11.6 Å². The van der Waals surface area contributed by atoms with Crippen LogP contribution >= 0.6 is 0 Å². The fraction of sp³-hybridized carbons (Fsp3) is 0.250. The van der Waals surface area contributed by atoms with Crippen molar-refractivity contribution in [2.45, 2.75) is 6.04 Å². The van der Waals surface area contributed by atoms with E-state index in [2.05, 4.69) is 11.2 Å². The number of nitrogens with one attached hydrogen (secondary N) is 1. The molecule has 15 heavy (non-hydrogen) atoms. The van der Waals surface area contributed by atoms with Crippen molar-refractivity contribution < 1.29 is 4.79 Å². The smallest absolute Gasteiger partial charge is 0.318 e. The standard InChI is InChI=1S/C12H12N2O/c1-2-8-13-12(15)14-9-11(14)10-6-4-3-5-7-10/h1,3-7,11H,8-9H2,(H,13,15). The van der Waals surface area contributed by atoms with Crippen molar-refractivity contribution in [1.82, 2.24) is 10.2 Å². The number of urea groups is 1. The minimum Gasteiger partial charge on any atom is -0.327 e. The van der Waals surface area contributed by atoms with E-state index >= 15 is 0 Å². The number of amides is 2. The molecule has 1 N–H and O–H groups in total. The van der Waals surface area contributed by atoms with Crippen LogP contribution in [0.3, 0.4) is 0 Å². The number of hydrogen-bond acceptors (Lipinski definition) is 1. The lowest BCUT2D eigenvalue weighted by atomic mass is 10.2. The third-order valence-electron chi connectivity index (χ3n) is 2.40. The molecule has 2 amide bonds. The Balaban J connectivity index is 1.91. The fourth-order valence-electron chi connectivity index (χ4n) is 1.55. The van der Waals surface area contributed by atoms with Gasteiger partial charge in [0.05, 0.1) is 12.6 Å². The van der Waals surface area contributed by atoms with Crippen molar-refractivity contribution in [3.8, 4) is 12.3 Å². The van der Waals surface area contributed by atoms with Gasteiger partial charge in [0.1, 0.15) is 0 Å². The normalized spacial score (nSPS) is 18.1. The summed E-state index contributed by atoms with van der Waals surface area (Å²) in [5.41, 5.74) is 1.17. The van der Waals surface area contributed by atoms with Crippen LogP contribution in [0, 0.1) is 12.3 Å². The maximum absolute atomic E-state index is 11.5. The summed E-state index contributed by atoms with van der Waals surface area (Å²) in [5, 5.41) is 2.64. The summed E-state index contributed by atoms with van der Waals surface area (Å²) in [4.78, 5) is 13.2. The number of nitrogens with zero attached hydrogens (tertiary/aromatic N) is 1. The Morgan fingerprint density at radius 2 is 2.27 bits per heavy atom. The molecule has 0 aromatic heterocycles. The van der Waals surface area contributed by atoms with E-state index in [0.29, 0.717) is 0 Å². The molecule has 2 rings (SSSR count). The molecule has 3 nitrogen and oxygen atoms in total. The zero-order valence-corrected chi connectivity index (χ0v) is 8.31. The van der Waals surface area contributed by atoms with Gasteiger partial charge in [-0.25, -0.2) is 4.79 Å². The van der Waals surface area contributed by atoms with Crippen molar-refractivity contribution in [2.75, 3.05) is 13.1 Å². The van der Waals surface area contributed by atoms with E-state index in [1.165, 1.54) is 5.56 Å². The molecular formula is C12H12N2O. The Hall–Kier alpha value is -1.95. The largest absolute Gasteiger partial charge is 0.327 e. The first-order valence-electron chi connectivity index (χ1n) is 4.86. The van der Waals surface area contributed by atoms with E-state index in [1.807, 2.05) is 30.3 Å². The van der Waals surface area contributed by atoms with Crippen LogP contribution in [-0.4, -0.2) is 24.0 Å². The summed E-state index contributed by atoms with van der Waals surface area (Å²) >= 11 is 0. The van der Waals surface area contributed by atoms with Gasteiger partial charge in [-0.15, -0.1) is 6.42 Å². The van der Waals surface area contributed by atoms with Crippen LogP contribution in [0.5, 0.6) is 0 Å². The summed E-state index contributed by atoms with van der Waals surface area (Å²) in [6.45, 7) is 1.07. The molecule has 0 radical (unpaired) electrons. The average molecular weight is 200 g/mol. The molecular weight excluding hydrogens is 188 g/mol. The zero-order valence-electron chi connectivity index (χ0n) is 8.31. The maximum atomic E-state index is 11.5. The number of rotatable bonds is 2. The average Bonchev–Trinajstić information content (AvgIpc) is 3.07. The van der Waals surface area contributed by atoms with Gasteiger partial charge in [-0.2, -0.15) is 0 Å². The minimum absolute atomic E-state index is 0.0817. The number of hydrogen-bond donors (Lipinski definition) is 1. The number of carbonyl (C=O) groups excluding carboxylic acids is 1. The lowest BCUT2D eigenvalue weighted by molar-refractivity contribution is 0.228. The maximum Gasteiger partial charge on any atom is 0.318 e. The molecule has 0 bridgehead atoms. The molecule has 1 saturated heterocycles. The van der Waals surface area contributed by atoms with E-state index in [9.17, 15) is 4.79 Å². The van der Waals surface area contributed by atoms with Gasteiger partial charge < -0.3 is 10.2 Å². The van der Waals surface area contributed by atoms with E-state index < -0.39 is 0 Å². The summed E-state index contributed by atoms with van der Waals surface area (Å²) in [6.07, 6.45) is 5.06. The van der Waals surface area contributed by atoms with Crippen molar-refractivity contribution in [3.63, 3.8) is 0 Å². The van der Waals surface area contributed by atoms with Crippen molar-refractivity contribution in [2.24, 2.45) is 0 Å². The molecule has 1 atom stereocenters. The quantitative estimate of drug-likeness (QED) is 0.567. The highest BCUT2D eigenvalue weighted by molar-refractivity contribution is 5.77. The van der Waals surface area contributed by atoms with Crippen LogP contribution in [0.4, 0.5) is 4.79 Å². The highest BCUT2D eigenvalue weighted by Crippen LogP contribution is 2.34. The Kier molecular flexibility index (Phi) is 2.59. The minimum atomic E-state index is -0.0817. The second-order valence-corrected chi connectivity index (χ2v) is 3.44. The first-order chi connectivity index (χ1) is 7.33. The molecule has 1 aliphatic heterocycles. The van der Waals surface area contributed by atoms with E-state index in [4.69, 9.17) is 6.42 Å². The molecule has 0 saturated carbocycles. The van der Waals surface area contributed by atoms with Gasteiger partial charge >= 0.3 is 6.03 Å². The monoisotopic (exact) mass is 200 g/mol. The molecule has 1 aromatic carbocycles. The molecule has 1 heterocycles. The van der Waals surface area contributed by atoms with Gasteiger partial charge in [-0.3, -0.25) is 0 Å². The molecule has 76 valence electrons. The number of benzene rings is 1. The highest BCUT2D eigenvalue weighted by atomic mass is 16.2. The first kappa shape index (κ1) is 9.60. The predicted molar refractivity (Wildman–Crippen MR) is 58.1 cm³/mol. The first-order valence-corrected chi connectivity index (χ1v) is 4.86. The molecule has 1 aliphatic rings. The van der Waals surface area contributed by atoms with Gasteiger partial charge in [0.15, 0.2) is 0 Å². The van der Waals surface area contributed by atoms with Gasteiger partial charge in [-0.05, 0) is 5.56 Å². The van der Waals surface area contributed by atoms with Gasteiger partial charge in [0.2, 0.25) is 0 Å². The van der Waals surface area contributed by atoms with Crippen molar-refractivity contribution in [3.05, 3.63) is 35.9 Å². The van der Waals surface area contributed by atoms with Crippen LogP contribution in [0.15, 0.2) is 30.3 Å². The second kappa shape index (κ2) is 4.05. The van der Waals surface area contributed by atoms with E-state index in [-0.39, 0.29) is 18.6 Å². The third kappa shape index (κ3) is 2.10.